The van der Waals surface area contributed by atoms with Crippen LogP contribution in [0.4, 0.5) is 0 Å². The minimum absolute atomic E-state index is 0.831. The Morgan fingerprint density at radius 3 is 1.09 bits per heavy atom. The van der Waals surface area contributed by atoms with Gasteiger partial charge in [-0.25, -0.2) is 4.79 Å². The molecule has 0 aromatic rings. The van der Waals surface area contributed by atoms with Gasteiger partial charge in [-0.3, -0.25) is 24.0 Å². The Labute approximate surface area is 803 Å². The number of aliphatic hydroxyl groups is 30. The Hall–Kier alpha value is -5.22. The molecule has 11 rings (SSSR count). The van der Waals surface area contributed by atoms with Crippen LogP contribution in [0.15, 0.2) is 0 Å². The molecular formula is C79H131N5O58. The second kappa shape index (κ2) is 50.6. The van der Waals surface area contributed by atoms with Gasteiger partial charge in [0.25, 0.3) is 5.79 Å². The third-order valence-corrected chi connectivity index (χ3v) is 25.9. The summed E-state index contributed by atoms with van der Waals surface area (Å²) in [7, 11) is 0. The molecule has 0 unspecified atom stereocenters. The van der Waals surface area contributed by atoms with Gasteiger partial charge in [-0.15, -0.1) is 0 Å². The van der Waals surface area contributed by atoms with Gasteiger partial charge in [-0.05, 0) is 6.92 Å². The van der Waals surface area contributed by atoms with Crippen LogP contribution < -0.4 is 26.6 Å². The zero-order valence-electron chi connectivity index (χ0n) is 76.4. The number of amides is 5. The molecule has 11 aliphatic heterocycles. The molecule has 0 spiro atoms. The van der Waals surface area contributed by atoms with Gasteiger partial charge in [0.15, 0.2) is 62.9 Å². The molecule has 0 aromatic carbocycles. The lowest BCUT2D eigenvalue weighted by Crippen LogP contribution is -2.71. The van der Waals surface area contributed by atoms with E-state index >= 15 is 0 Å². The molecule has 11 saturated heterocycles. The molecule has 0 bridgehead atoms. The summed E-state index contributed by atoms with van der Waals surface area (Å²) in [6.07, 6.45) is -112. The van der Waals surface area contributed by atoms with Crippen LogP contribution in [0.5, 0.6) is 0 Å². The topological polar surface area (TPSA) is 984 Å². The standard InChI is InChI=1S/C79H131N5O58/c1-18-40(101)50(111)54(115)72(123-18)137-63-39(84-23(6)98)71(131-33(16-93)61(63)136-73-55(116)51(112)42(103)26(9-86)125-73)139-66-52(113)43(104)27(10-87)127-76(66)122-17-34-46(107)64(56(117)74(132-34)134-59-31(14-91)129-69(37(48(59)109)82-21(4)96)133-58-30(13-90)124-68(119)36(47(58)108)81-20(3)95)138-77-67(53(114)44(105)28(11-88)128-77)140-70-38(83-22(5)97)49(110)60(32(15-92)130-70)135-75-57(118)65(45(106)29(12-89)126-75)142-79(78(120)121)7-24(99)35(80-19(2)94)62(141-79)41(102)25(100)8-85/h18,24-77,85-93,99-119H,7-17H2,1-6H3,(H,80,94)(H,81,95)(H,82,96)(H,83,97)(H,84,98)(H,120,121)/t18-,24+,25-,26-,27-,28-,29-,30-,31-,32-,33-,34-,35-,36-,37-,38-,39-,40+,41-,42+,43-,44-,45+,46-,47-,48-,49-,50+,51+,52+,53+,54-,55-,56+,57-,58-,59-,60-,61-,62-,63-,64+,65+,66+,67+,68+,69+,70+,71+,72-,73+,74+,75+,76+,77-,79+/m1/s1. The third kappa shape index (κ3) is 25.6. The van der Waals surface area contributed by atoms with Crippen molar-refractivity contribution in [2.75, 3.05) is 66.1 Å². The largest absolute Gasteiger partial charge is 0.477 e. The van der Waals surface area contributed by atoms with Gasteiger partial charge < -0.3 is 284 Å². The molecule has 63 heteroatoms. The van der Waals surface area contributed by atoms with Gasteiger partial charge in [0, 0.05) is 41.0 Å². The highest BCUT2D eigenvalue weighted by Gasteiger charge is 2.65. The summed E-state index contributed by atoms with van der Waals surface area (Å²) < 4.78 is 126. The van der Waals surface area contributed by atoms with Crippen molar-refractivity contribution in [3.05, 3.63) is 0 Å². The van der Waals surface area contributed by atoms with Crippen LogP contribution in [0.1, 0.15) is 48.0 Å². The first-order valence-corrected chi connectivity index (χ1v) is 45.1. The average molecular weight is 2080 g/mol. The molecular weight excluding hydrogens is 1950 g/mol. The van der Waals surface area contributed by atoms with Crippen molar-refractivity contribution in [3.8, 4) is 0 Å². The molecule has 0 aromatic heterocycles. The lowest BCUT2D eigenvalue weighted by Gasteiger charge is -2.52. The third-order valence-electron chi connectivity index (χ3n) is 25.9. The highest BCUT2D eigenvalue weighted by molar-refractivity contribution is 5.77. The SMILES string of the molecule is CC(=O)N[C@@H]1[C@@H](O)[C@H](O[C@@H]2O[C@H](CO)[C@@H](O[C@@H]3O[C@H](CO[C@H]4O[C@H](CO)[C@@H](O)[C@H](O)[C@@H]4O[C@@H]4O[C@H](CO)[C@@H](O[C@@H]5O[C@H](CO)[C@H](O)[C@H](O)[C@H]5O)[C@H](O[C@H]5O[C@H](C)[C@H](O)[C@H](O)[C@H]5O)[C@H]4NC(C)=O)[C@@H](O)[C@H](O[C@H]4O[C@H](CO)[C@@H](O)[C@H](O)[C@@H]4O[C@@H]4O[C@H](CO)[C@@H](O[C@@H]5O[C@H](CO)[C@H](O)[C@H](O[C@]6(C(=O)O)C[C@H](O)[C@@H](NC(C)=O)[C@H]([C@H](O)[C@H](O)CO)O6)[C@H]5O)[C@H](O)[C@H]4NC(C)=O)[C@@H]3O)[C@H](O)[C@H]2NC(C)=O)[C@@H](CO)O[C@@H]1O. The molecule has 0 saturated carbocycles. The van der Waals surface area contributed by atoms with E-state index in [1.165, 1.54) is 6.92 Å². The first-order valence-electron chi connectivity index (χ1n) is 45.1. The second-order valence-corrected chi connectivity index (χ2v) is 35.9. The van der Waals surface area contributed by atoms with Gasteiger partial charge in [0.1, 0.15) is 256 Å². The van der Waals surface area contributed by atoms with Crippen LogP contribution in [0.25, 0.3) is 0 Å². The number of carboxylic acid groups (broad SMARTS) is 1. The Kier molecular flexibility index (Phi) is 41.7. The Balaban J connectivity index is 0.935. The van der Waals surface area contributed by atoms with Gasteiger partial charge in [0.05, 0.1) is 84.3 Å². The Morgan fingerprint density at radius 1 is 0.303 bits per heavy atom. The summed E-state index contributed by atoms with van der Waals surface area (Å²) in [6, 6.07) is -9.77. The number of carboxylic acids is 1. The fourth-order valence-electron chi connectivity index (χ4n) is 18.5. The Bertz CT molecular complexity index is 4010. The smallest absolute Gasteiger partial charge is 0.364 e. The van der Waals surface area contributed by atoms with Crippen LogP contribution in [0.3, 0.4) is 0 Å². The average Bonchev–Trinajstić information content (AvgIpc) is 0.738. The summed E-state index contributed by atoms with van der Waals surface area (Å²) in [5, 5.41) is 362. The van der Waals surface area contributed by atoms with Crippen molar-refractivity contribution >= 4 is 35.5 Å². The molecule has 142 heavy (non-hydrogen) atoms. The molecule has 11 fully saturated rings. The number of rotatable bonds is 38. The summed E-state index contributed by atoms with van der Waals surface area (Å²) in [5.41, 5.74) is 0. The van der Waals surface area contributed by atoms with Crippen molar-refractivity contribution in [2.45, 2.75) is 391 Å². The lowest BCUT2D eigenvalue weighted by atomic mass is 9.88. The van der Waals surface area contributed by atoms with E-state index in [9.17, 15) is 187 Å². The molecule has 36 N–H and O–H groups in total. The van der Waals surface area contributed by atoms with Crippen molar-refractivity contribution in [1.82, 2.24) is 26.6 Å². The molecule has 0 radical (unpaired) electrons. The maximum absolute atomic E-state index is 13.6. The van der Waals surface area contributed by atoms with E-state index < -0.39 is 451 Å². The maximum Gasteiger partial charge on any atom is 0.364 e. The van der Waals surface area contributed by atoms with Crippen LogP contribution in [0.2, 0.25) is 0 Å². The maximum atomic E-state index is 13.6. The fourth-order valence-corrected chi connectivity index (χ4v) is 18.5. The lowest BCUT2D eigenvalue weighted by molar-refractivity contribution is -0.402. The monoisotopic (exact) mass is 2080 g/mol. The first kappa shape index (κ1) is 117. The predicted octanol–water partition coefficient (Wildman–Crippen LogP) is -24.0. The molecule has 63 nitrogen and oxygen atoms in total. The number of carbonyl (C=O) groups is 6. The highest BCUT2D eigenvalue weighted by atomic mass is 16.8. The van der Waals surface area contributed by atoms with Crippen LogP contribution >= 0.6 is 0 Å². The highest BCUT2D eigenvalue weighted by Crippen LogP contribution is 2.44. The predicted molar refractivity (Wildman–Crippen MR) is 436 cm³/mol. The summed E-state index contributed by atoms with van der Waals surface area (Å²) in [4.78, 5) is 78.0. The summed E-state index contributed by atoms with van der Waals surface area (Å²) in [6.45, 7) is -6.54. The van der Waals surface area contributed by atoms with Gasteiger partial charge >= 0.3 is 5.97 Å². The summed E-state index contributed by atoms with van der Waals surface area (Å²) >= 11 is 0. The fraction of sp³-hybridized carbons (Fsp3) is 0.924. The molecule has 820 valence electrons. The normalized spacial score (nSPS) is 48.0. The number of ether oxygens (including phenoxy) is 21. The van der Waals surface area contributed by atoms with Crippen molar-refractivity contribution in [1.29, 1.82) is 0 Å². The number of aliphatic hydroxyl groups excluding tert-OH is 30. The van der Waals surface area contributed by atoms with E-state index in [4.69, 9.17) is 99.5 Å². The second-order valence-electron chi connectivity index (χ2n) is 35.9. The van der Waals surface area contributed by atoms with Crippen molar-refractivity contribution < 1.29 is 287 Å². The first-order chi connectivity index (χ1) is 67.0. The number of aliphatic carboxylic acids is 1. The van der Waals surface area contributed by atoms with E-state index in [0.717, 1.165) is 34.6 Å². The van der Waals surface area contributed by atoms with Crippen LogP contribution in [-0.4, -0.2) is 603 Å². The molecule has 56 atom stereocenters. The van der Waals surface area contributed by atoms with E-state index in [1.54, 1.807) is 0 Å². The number of carbonyl (C=O) groups excluding carboxylic acids is 5. The molecule has 0 aliphatic carbocycles. The van der Waals surface area contributed by atoms with Crippen LogP contribution in [0, 0.1) is 0 Å². The van der Waals surface area contributed by atoms with Crippen LogP contribution in [-0.2, 0) is 128 Å². The Morgan fingerprint density at radius 2 is 0.627 bits per heavy atom. The zero-order valence-corrected chi connectivity index (χ0v) is 76.4. The van der Waals surface area contributed by atoms with Crippen molar-refractivity contribution in [2.24, 2.45) is 0 Å². The van der Waals surface area contributed by atoms with E-state index in [2.05, 4.69) is 26.6 Å². The van der Waals surface area contributed by atoms with E-state index in [1.807, 2.05) is 0 Å². The molecule has 11 heterocycles. The number of nitrogens with one attached hydrogen (secondary N) is 5. The van der Waals surface area contributed by atoms with Gasteiger partial charge in [-0.2, -0.15) is 0 Å². The number of hydrogen-bond donors (Lipinski definition) is 36. The van der Waals surface area contributed by atoms with E-state index in [0.29, 0.717) is 0 Å². The van der Waals surface area contributed by atoms with Gasteiger partial charge in [-0.1, -0.05) is 0 Å². The minimum atomic E-state index is -3.35. The summed E-state index contributed by atoms with van der Waals surface area (Å²) in [5.74, 6) is -10.4. The van der Waals surface area contributed by atoms with Gasteiger partial charge in [0.2, 0.25) is 29.5 Å². The number of hydrogen-bond acceptors (Lipinski definition) is 57. The minimum Gasteiger partial charge on any atom is -0.477 e. The molecule has 11 aliphatic rings. The zero-order chi connectivity index (χ0) is 105. The van der Waals surface area contributed by atoms with E-state index in [-0.39, 0.29) is 0 Å². The van der Waals surface area contributed by atoms with Crippen molar-refractivity contribution in [3.63, 3.8) is 0 Å². The quantitative estimate of drug-likeness (QED) is 0.0273. The molecule has 5 amide bonds.